The molecular weight excluding hydrogens is 308 g/mol. The molecule has 1 aromatic carbocycles. The lowest BCUT2D eigenvalue weighted by Gasteiger charge is -2.19. The topological polar surface area (TPSA) is 79.6 Å². The lowest BCUT2D eigenvalue weighted by molar-refractivity contribution is -0.131. The van der Waals surface area contributed by atoms with E-state index in [1.54, 1.807) is 38.1 Å². The van der Waals surface area contributed by atoms with Crippen molar-refractivity contribution in [2.75, 3.05) is 6.54 Å². The summed E-state index contributed by atoms with van der Waals surface area (Å²) in [6.07, 6.45) is 0. The normalized spacial score (nSPS) is 20.4. The highest BCUT2D eigenvalue weighted by atomic mass is 16.3. The van der Waals surface area contributed by atoms with Gasteiger partial charge in [-0.1, -0.05) is 24.3 Å². The van der Waals surface area contributed by atoms with Crippen LogP contribution in [0.4, 0.5) is 4.79 Å². The average Bonchev–Trinajstić information content (AvgIpc) is 3.06. The van der Waals surface area contributed by atoms with Crippen LogP contribution in [0.15, 0.2) is 40.8 Å². The Kier molecular flexibility index (Phi) is 3.75. The maximum absolute atomic E-state index is 12.7. The number of Topliss-reactive ketones (excluding diaryl/α,β-unsaturated/α-hetero) is 1. The van der Waals surface area contributed by atoms with Gasteiger partial charge in [0.05, 0.1) is 6.54 Å². The van der Waals surface area contributed by atoms with Gasteiger partial charge < -0.3 is 9.73 Å². The molecule has 0 saturated carbocycles. The second-order valence-corrected chi connectivity index (χ2v) is 6.09. The number of imide groups is 1. The lowest BCUT2D eigenvalue weighted by atomic mass is 9.99. The van der Waals surface area contributed by atoms with Gasteiger partial charge >= 0.3 is 6.03 Å². The quantitative estimate of drug-likeness (QED) is 0.692. The third kappa shape index (κ3) is 2.50. The minimum atomic E-state index is -1.29. The van der Waals surface area contributed by atoms with E-state index in [0.717, 1.165) is 10.5 Å². The fourth-order valence-corrected chi connectivity index (χ4v) is 2.83. The van der Waals surface area contributed by atoms with Crippen LogP contribution in [0.2, 0.25) is 0 Å². The molecule has 1 aromatic heterocycles. The highest BCUT2D eigenvalue weighted by Gasteiger charge is 2.51. The fourth-order valence-electron chi connectivity index (χ4n) is 2.83. The number of nitrogens with zero attached hydrogens (tertiary/aromatic N) is 1. The van der Waals surface area contributed by atoms with Gasteiger partial charge in [0.25, 0.3) is 5.91 Å². The van der Waals surface area contributed by atoms with Crippen LogP contribution < -0.4 is 5.32 Å². The maximum atomic E-state index is 12.7. The van der Waals surface area contributed by atoms with Crippen LogP contribution in [0.1, 0.15) is 34.4 Å². The molecule has 124 valence electrons. The van der Waals surface area contributed by atoms with Gasteiger partial charge in [-0.05, 0) is 38.5 Å². The van der Waals surface area contributed by atoms with Crippen molar-refractivity contribution >= 4 is 17.7 Å². The second-order valence-electron chi connectivity index (χ2n) is 6.09. The summed E-state index contributed by atoms with van der Waals surface area (Å²) in [7, 11) is 0. The first-order valence-corrected chi connectivity index (χ1v) is 7.63. The molecule has 1 saturated heterocycles. The molecule has 6 nitrogen and oxygen atoms in total. The van der Waals surface area contributed by atoms with E-state index in [1.165, 1.54) is 0 Å². The third-order valence-corrected chi connectivity index (χ3v) is 4.26. The Balaban J connectivity index is 1.85. The Hall–Kier alpha value is -2.89. The number of furan rings is 1. The Morgan fingerprint density at radius 2 is 1.88 bits per heavy atom. The van der Waals surface area contributed by atoms with Crippen LogP contribution in [-0.4, -0.2) is 29.2 Å². The monoisotopic (exact) mass is 326 g/mol. The fraction of sp³-hybridized carbons (Fsp3) is 0.278. The molecule has 0 aliphatic carbocycles. The number of aryl methyl sites for hydroxylation is 2. The zero-order valence-electron chi connectivity index (χ0n) is 13.8. The van der Waals surface area contributed by atoms with Crippen molar-refractivity contribution in [2.45, 2.75) is 26.3 Å². The van der Waals surface area contributed by atoms with Crippen molar-refractivity contribution in [2.24, 2.45) is 0 Å². The van der Waals surface area contributed by atoms with Gasteiger partial charge in [-0.3, -0.25) is 14.5 Å². The number of hydrogen-bond donors (Lipinski definition) is 1. The van der Waals surface area contributed by atoms with E-state index in [4.69, 9.17) is 4.42 Å². The molecule has 3 amide bonds. The van der Waals surface area contributed by atoms with Gasteiger partial charge in [-0.2, -0.15) is 0 Å². The van der Waals surface area contributed by atoms with Crippen LogP contribution >= 0.6 is 0 Å². The van der Waals surface area contributed by atoms with Gasteiger partial charge in [0, 0.05) is 5.56 Å². The number of rotatable bonds is 4. The molecule has 1 aliphatic heterocycles. The highest BCUT2D eigenvalue weighted by Crippen LogP contribution is 2.30. The Morgan fingerprint density at radius 3 is 2.50 bits per heavy atom. The minimum absolute atomic E-state index is 0.281. The van der Waals surface area contributed by atoms with E-state index in [9.17, 15) is 14.4 Å². The van der Waals surface area contributed by atoms with Crippen LogP contribution in [-0.2, 0) is 10.3 Å². The first-order valence-electron chi connectivity index (χ1n) is 7.63. The van der Waals surface area contributed by atoms with E-state index in [1.807, 2.05) is 19.1 Å². The largest absolute Gasteiger partial charge is 0.463 e. The van der Waals surface area contributed by atoms with Crippen LogP contribution in [0.25, 0.3) is 0 Å². The smallest absolute Gasteiger partial charge is 0.325 e. The summed E-state index contributed by atoms with van der Waals surface area (Å²) in [6, 6.07) is 9.86. The van der Waals surface area contributed by atoms with E-state index in [0.29, 0.717) is 17.1 Å². The Bertz CT molecular complexity index is 839. The molecule has 0 unspecified atom stereocenters. The number of urea groups is 1. The van der Waals surface area contributed by atoms with Crippen LogP contribution in [0, 0.1) is 13.8 Å². The molecule has 2 aromatic rings. The highest BCUT2D eigenvalue weighted by molar-refractivity contribution is 6.11. The molecule has 1 N–H and O–H groups in total. The molecule has 3 rings (SSSR count). The number of ketones is 1. The number of carbonyl (C=O) groups excluding carboxylic acids is 3. The molecule has 0 radical (unpaired) electrons. The maximum Gasteiger partial charge on any atom is 0.325 e. The van der Waals surface area contributed by atoms with Gasteiger partial charge in [-0.15, -0.1) is 0 Å². The van der Waals surface area contributed by atoms with Gasteiger partial charge in [0.1, 0.15) is 11.5 Å². The molecule has 6 heteroatoms. The van der Waals surface area contributed by atoms with Gasteiger partial charge in [-0.25, -0.2) is 4.79 Å². The SMILES string of the molecule is Cc1ccc([C@]2(C)NC(=O)N(CC(=O)c3ccccc3C)C2=O)o1. The molecule has 0 spiro atoms. The number of amides is 3. The van der Waals surface area contributed by atoms with Crippen LogP contribution in [0.3, 0.4) is 0 Å². The molecule has 1 atom stereocenters. The molecule has 1 aliphatic rings. The van der Waals surface area contributed by atoms with E-state index >= 15 is 0 Å². The number of carbonyl (C=O) groups is 3. The summed E-state index contributed by atoms with van der Waals surface area (Å²) in [5, 5.41) is 2.62. The van der Waals surface area contributed by atoms with Crippen molar-refractivity contribution < 1.29 is 18.8 Å². The average molecular weight is 326 g/mol. The standard InChI is InChI=1S/C18H18N2O4/c1-11-6-4-5-7-13(11)14(21)10-20-16(22)18(3,19-17(20)23)15-9-8-12(2)24-15/h4-9H,10H2,1-3H3,(H,19,23)/t18-/m0/s1. The molecule has 24 heavy (non-hydrogen) atoms. The molecular formula is C18H18N2O4. The van der Waals surface area contributed by atoms with Crippen molar-refractivity contribution in [1.82, 2.24) is 10.2 Å². The zero-order chi connectivity index (χ0) is 17.5. The van der Waals surface area contributed by atoms with E-state index < -0.39 is 17.5 Å². The molecule has 2 heterocycles. The Labute approximate surface area is 139 Å². The molecule has 1 fully saturated rings. The summed E-state index contributed by atoms with van der Waals surface area (Å²) in [5.41, 5.74) is 0.0108. The van der Waals surface area contributed by atoms with Crippen LogP contribution in [0.5, 0.6) is 0 Å². The van der Waals surface area contributed by atoms with Gasteiger partial charge in [0.15, 0.2) is 11.3 Å². The predicted octanol–water partition coefficient (Wildman–Crippen LogP) is 2.55. The summed E-state index contributed by atoms with van der Waals surface area (Å²) in [5.74, 6) is 0.215. The minimum Gasteiger partial charge on any atom is -0.463 e. The summed E-state index contributed by atoms with van der Waals surface area (Å²) in [6.45, 7) is 4.84. The summed E-state index contributed by atoms with van der Waals surface area (Å²) in [4.78, 5) is 38.4. The first-order chi connectivity index (χ1) is 11.3. The summed E-state index contributed by atoms with van der Waals surface area (Å²) >= 11 is 0. The predicted molar refractivity (Wildman–Crippen MR) is 86.6 cm³/mol. The number of hydrogen-bond acceptors (Lipinski definition) is 4. The number of benzene rings is 1. The molecule has 0 bridgehead atoms. The van der Waals surface area contributed by atoms with E-state index in [2.05, 4.69) is 5.32 Å². The second kappa shape index (κ2) is 5.63. The lowest BCUT2D eigenvalue weighted by Crippen LogP contribution is -2.41. The van der Waals surface area contributed by atoms with Crippen molar-refractivity contribution in [3.05, 3.63) is 59.0 Å². The number of nitrogens with one attached hydrogen (secondary N) is 1. The van der Waals surface area contributed by atoms with Crippen molar-refractivity contribution in [3.8, 4) is 0 Å². The van der Waals surface area contributed by atoms with Crippen molar-refractivity contribution in [3.63, 3.8) is 0 Å². The third-order valence-electron chi connectivity index (χ3n) is 4.26. The Morgan fingerprint density at radius 1 is 1.17 bits per heavy atom. The zero-order valence-corrected chi connectivity index (χ0v) is 13.8. The summed E-state index contributed by atoms with van der Waals surface area (Å²) < 4.78 is 5.50. The van der Waals surface area contributed by atoms with Crippen molar-refractivity contribution in [1.29, 1.82) is 0 Å². The van der Waals surface area contributed by atoms with E-state index in [-0.39, 0.29) is 12.3 Å². The first kappa shape index (κ1) is 16.0. The van der Waals surface area contributed by atoms with Gasteiger partial charge in [0.2, 0.25) is 0 Å².